The number of rotatable bonds is 3. The summed E-state index contributed by atoms with van der Waals surface area (Å²) < 4.78 is 10.3. The second-order valence-corrected chi connectivity index (χ2v) is 16.3. The summed E-state index contributed by atoms with van der Waals surface area (Å²) in [6, 6.07) is 11.3. The number of benzene rings is 1. The second kappa shape index (κ2) is 7.46. The fourth-order valence-corrected chi connectivity index (χ4v) is 5.12. The highest BCUT2D eigenvalue weighted by atomic mass is 35.6. The Balaban J connectivity index is 2.27. The predicted octanol–water partition coefficient (Wildman–Crippen LogP) is 6.39. The van der Waals surface area contributed by atoms with E-state index in [-0.39, 0.29) is 17.1 Å². The molecule has 24 heavy (non-hydrogen) atoms. The fourth-order valence-electron chi connectivity index (χ4n) is 2.77. The highest BCUT2D eigenvalue weighted by Crippen LogP contribution is 2.45. The summed E-state index contributed by atoms with van der Waals surface area (Å²) in [5, 5.41) is 0.269. The molecule has 0 N–H and O–H groups in total. The van der Waals surface area contributed by atoms with Crippen molar-refractivity contribution in [3.63, 3.8) is 0 Å². The van der Waals surface area contributed by atoms with Crippen LogP contribution in [0.4, 0.5) is 0 Å². The zero-order valence-electron chi connectivity index (χ0n) is 15.0. The molecule has 0 amide bonds. The van der Waals surface area contributed by atoms with Crippen molar-refractivity contribution in [3.05, 3.63) is 35.9 Å². The Labute approximate surface area is 161 Å². The second-order valence-electron chi connectivity index (χ2n) is 8.24. The number of alkyl halides is 3. The van der Waals surface area contributed by atoms with Crippen molar-refractivity contribution in [1.82, 2.24) is 0 Å². The van der Waals surface area contributed by atoms with Crippen LogP contribution in [-0.2, 0) is 9.47 Å². The minimum Gasteiger partial charge on any atom is -0.348 e. The molecule has 0 spiro atoms. The first-order chi connectivity index (χ1) is 10.9. The lowest BCUT2D eigenvalue weighted by molar-refractivity contribution is -0.214. The van der Waals surface area contributed by atoms with Crippen LogP contribution >= 0.6 is 34.8 Å². The van der Waals surface area contributed by atoms with Crippen LogP contribution < -0.4 is 0 Å². The number of hydrogen-bond acceptors (Lipinski definition) is 2. The van der Waals surface area contributed by atoms with Crippen molar-refractivity contribution in [2.75, 3.05) is 6.61 Å². The summed E-state index contributed by atoms with van der Waals surface area (Å²) in [5.74, 6) is 0.156. The Hall–Kier alpha value is 0.227. The van der Waals surface area contributed by atoms with Gasteiger partial charge in [-0.25, -0.2) is 0 Å². The lowest BCUT2D eigenvalue weighted by Gasteiger charge is -2.45. The van der Waals surface area contributed by atoms with Gasteiger partial charge in [-0.1, -0.05) is 99.0 Å². The van der Waals surface area contributed by atoms with E-state index in [9.17, 15) is 0 Å². The van der Waals surface area contributed by atoms with Gasteiger partial charge in [-0.05, 0) is 16.6 Å². The standard InChI is InChI=1S/C18H27Cl3O2Si/c1-17(2,3)24(4,5)12-15-14(13-9-7-6-8-10-13)11-22-16(23-15)18(19,20)21/h6-10,14-16H,11-12H2,1-5H3. The molecule has 2 nitrogen and oxygen atoms in total. The summed E-state index contributed by atoms with van der Waals surface area (Å²) in [4.78, 5) is 0. The van der Waals surface area contributed by atoms with Gasteiger partial charge in [-0.15, -0.1) is 0 Å². The summed E-state index contributed by atoms with van der Waals surface area (Å²) in [6.07, 6.45) is -0.833. The van der Waals surface area contributed by atoms with Crippen LogP contribution in [0.5, 0.6) is 0 Å². The van der Waals surface area contributed by atoms with Crippen molar-refractivity contribution < 1.29 is 9.47 Å². The van der Waals surface area contributed by atoms with Gasteiger partial charge < -0.3 is 9.47 Å². The number of hydrogen-bond donors (Lipinski definition) is 0. The zero-order valence-corrected chi connectivity index (χ0v) is 18.3. The fraction of sp³-hybridized carbons (Fsp3) is 0.667. The lowest BCUT2D eigenvalue weighted by Crippen LogP contribution is -2.49. The minimum absolute atomic E-state index is 0.0114. The quantitative estimate of drug-likeness (QED) is 0.425. The molecule has 136 valence electrons. The Kier molecular flexibility index (Phi) is 6.38. The largest absolute Gasteiger partial charge is 0.348 e. The summed E-state index contributed by atoms with van der Waals surface area (Å²) in [6.45, 7) is 12.2. The molecule has 0 saturated carbocycles. The van der Waals surface area contributed by atoms with E-state index in [1.54, 1.807) is 0 Å². The van der Waals surface area contributed by atoms with Gasteiger partial charge in [0.15, 0.2) is 0 Å². The molecule has 1 heterocycles. The summed E-state index contributed by atoms with van der Waals surface area (Å²) >= 11 is 18.1. The topological polar surface area (TPSA) is 18.5 Å². The maximum Gasteiger partial charge on any atom is 0.240 e. The monoisotopic (exact) mass is 408 g/mol. The zero-order chi connectivity index (χ0) is 18.2. The van der Waals surface area contributed by atoms with Gasteiger partial charge in [0.05, 0.1) is 20.8 Å². The van der Waals surface area contributed by atoms with Crippen LogP contribution in [0.25, 0.3) is 0 Å². The van der Waals surface area contributed by atoms with Gasteiger partial charge in [0.2, 0.25) is 10.1 Å². The molecule has 0 aliphatic carbocycles. The molecular formula is C18H27Cl3O2Si. The van der Waals surface area contributed by atoms with E-state index in [0.717, 1.165) is 6.04 Å². The first-order valence-electron chi connectivity index (χ1n) is 8.30. The highest BCUT2D eigenvalue weighted by molar-refractivity contribution is 6.80. The Morgan fingerprint density at radius 2 is 1.67 bits per heavy atom. The molecule has 1 saturated heterocycles. The van der Waals surface area contributed by atoms with Crippen molar-refractivity contribution in [2.45, 2.75) is 67.1 Å². The molecule has 1 aliphatic heterocycles. The smallest absolute Gasteiger partial charge is 0.240 e. The maximum atomic E-state index is 6.17. The van der Waals surface area contributed by atoms with E-state index < -0.39 is 18.2 Å². The third-order valence-corrected chi connectivity index (χ3v) is 11.4. The maximum absolute atomic E-state index is 6.17. The van der Waals surface area contributed by atoms with Crippen molar-refractivity contribution in [2.24, 2.45) is 0 Å². The average molecular weight is 410 g/mol. The molecule has 1 aromatic carbocycles. The molecule has 1 aromatic rings. The van der Waals surface area contributed by atoms with Crippen molar-refractivity contribution in [3.8, 4) is 0 Å². The molecule has 0 radical (unpaired) electrons. The lowest BCUT2D eigenvalue weighted by atomic mass is 9.94. The van der Waals surface area contributed by atoms with Gasteiger partial charge >= 0.3 is 0 Å². The SMILES string of the molecule is CC(C)(C)[Si](C)(C)CC1OC(C(Cl)(Cl)Cl)OCC1c1ccccc1. The molecule has 1 aliphatic rings. The van der Waals surface area contributed by atoms with Gasteiger partial charge in [0, 0.05) is 5.92 Å². The van der Waals surface area contributed by atoms with E-state index in [1.165, 1.54) is 5.56 Å². The van der Waals surface area contributed by atoms with Crippen LogP contribution in [0.2, 0.25) is 24.2 Å². The number of ether oxygens (including phenoxy) is 2. The van der Waals surface area contributed by atoms with Gasteiger partial charge in [0.25, 0.3) is 0 Å². The minimum atomic E-state index is -1.58. The molecule has 2 rings (SSSR count). The normalized spacial score (nSPS) is 26.4. The predicted molar refractivity (Wildman–Crippen MR) is 106 cm³/mol. The summed E-state index contributed by atoms with van der Waals surface area (Å²) in [7, 11) is -1.57. The highest BCUT2D eigenvalue weighted by Gasteiger charge is 2.46. The molecular weight excluding hydrogens is 383 g/mol. The summed E-state index contributed by atoms with van der Waals surface area (Å²) in [5.41, 5.74) is 1.21. The van der Waals surface area contributed by atoms with E-state index in [2.05, 4.69) is 46.0 Å². The van der Waals surface area contributed by atoms with Crippen molar-refractivity contribution in [1.29, 1.82) is 0 Å². The van der Waals surface area contributed by atoms with Gasteiger partial charge in [0.1, 0.15) is 0 Å². The van der Waals surface area contributed by atoms with Crippen LogP contribution in [0.3, 0.4) is 0 Å². The molecule has 6 heteroatoms. The van der Waals surface area contributed by atoms with Crippen LogP contribution in [0.15, 0.2) is 30.3 Å². The molecule has 0 aromatic heterocycles. The van der Waals surface area contributed by atoms with Crippen LogP contribution in [0.1, 0.15) is 32.3 Å². The Morgan fingerprint density at radius 3 is 2.17 bits per heavy atom. The van der Waals surface area contributed by atoms with Gasteiger partial charge in [-0.2, -0.15) is 0 Å². The third kappa shape index (κ3) is 4.90. The molecule has 3 atom stereocenters. The first kappa shape index (κ1) is 20.5. The van der Waals surface area contributed by atoms with E-state index in [1.807, 2.05) is 18.2 Å². The Bertz CT molecular complexity index is 537. The van der Waals surface area contributed by atoms with E-state index in [4.69, 9.17) is 44.3 Å². The van der Waals surface area contributed by atoms with E-state index >= 15 is 0 Å². The first-order valence-corrected chi connectivity index (χ1v) is 12.6. The average Bonchev–Trinajstić information content (AvgIpc) is 2.45. The van der Waals surface area contributed by atoms with Crippen molar-refractivity contribution >= 4 is 42.9 Å². The van der Waals surface area contributed by atoms with E-state index in [0.29, 0.717) is 6.61 Å². The molecule has 1 fully saturated rings. The Morgan fingerprint density at radius 1 is 1.08 bits per heavy atom. The van der Waals surface area contributed by atoms with Crippen LogP contribution in [0, 0.1) is 0 Å². The molecule has 3 unspecified atom stereocenters. The van der Waals surface area contributed by atoms with Crippen LogP contribution in [-0.4, -0.2) is 30.9 Å². The molecule has 0 bridgehead atoms. The third-order valence-electron chi connectivity index (χ3n) is 5.41. The number of halogens is 3. The van der Waals surface area contributed by atoms with Gasteiger partial charge in [-0.3, -0.25) is 0 Å².